The van der Waals surface area contributed by atoms with Crippen molar-refractivity contribution in [1.82, 2.24) is 4.72 Å². The van der Waals surface area contributed by atoms with Gasteiger partial charge in [0.1, 0.15) is 11.8 Å². The van der Waals surface area contributed by atoms with Gasteiger partial charge in [-0.2, -0.15) is 4.72 Å². The maximum Gasteiger partial charge on any atom is 0.242 e. The largest absolute Gasteiger partial charge is 0.494 e. The van der Waals surface area contributed by atoms with Gasteiger partial charge >= 0.3 is 0 Å². The number of nitrogens with one attached hydrogen (secondary N) is 2. The molecule has 1 amide bonds. The van der Waals surface area contributed by atoms with E-state index in [4.69, 9.17) is 4.74 Å². The lowest BCUT2D eigenvalue weighted by molar-refractivity contribution is -0.118. The Morgan fingerprint density at radius 3 is 2.27 bits per heavy atom. The number of anilines is 1. The first-order valence-corrected chi connectivity index (χ1v) is 11.3. The van der Waals surface area contributed by atoms with Crippen molar-refractivity contribution >= 4 is 32.4 Å². The molecule has 1 unspecified atom stereocenters. The van der Waals surface area contributed by atoms with Crippen molar-refractivity contribution < 1.29 is 17.9 Å². The Kier molecular flexibility index (Phi) is 6.74. The van der Waals surface area contributed by atoms with Crippen molar-refractivity contribution in [1.29, 1.82) is 0 Å². The highest BCUT2D eigenvalue weighted by molar-refractivity contribution is 7.89. The molecule has 1 atom stereocenters. The fourth-order valence-corrected chi connectivity index (χ4v) is 4.46. The fraction of sp³-hybridized carbons (Fsp3) is 0.261. The van der Waals surface area contributed by atoms with Crippen LogP contribution >= 0.6 is 0 Å². The summed E-state index contributed by atoms with van der Waals surface area (Å²) in [6, 6.07) is 18.5. The molecule has 0 aromatic heterocycles. The van der Waals surface area contributed by atoms with E-state index < -0.39 is 22.0 Å². The van der Waals surface area contributed by atoms with Gasteiger partial charge in [0, 0.05) is 5.69 Å². The van der Waals surface area contributed by atoms with Crippen LogP contribution in [0.25, 0.3) is 10.8 Å². The Morgan fingerprint density at radius 1 is 0.967 bits per heavy atom. The van der Waals surface area contributed by atoms with Gasteiger partial charge in [-0.3, -0.25) is 4.79 Å². The maximum atomic E-state index is 13.0. The Bertz CT molecular complexity index is 1130. The van der Waals surface area contributed by atoms with Crippen LogP contribution in [0.4, 0.5) is 5.69 Å². The summed E-state index contributed by atoms with van der Waals surface area (Å²) in [5.41, 5.74) is 0.569. The third kappa shape index (κ3) is 5.17. The van der Waals surface area contributed by atoms with E-state index in [-0.39, 0.29) is 10.8 Å². The molecule has 3 aromatic rings. The SMILES string of the molecule is CCOc1ccc(NC(=O)C(NS(=O)(=O)c2ccc3ccccc3c2)C(C)C)cc1. The first kappa shape index (κ1) is 21.8. The Balaban J connectivity index is 1.78. The van der Waals surface area contributed by atoms with Gasteiger partial charge in [0.05, 0.1) is 11.5 Å². The Labute approximate surface area is 177 Å². The summed E-state index contributed by atoms with van der Waals surface area (Å²) in [4.78, 5) is 12.9. The summed E-state index contributed by atoms with van der Waals surface area (Å²) < 4.78 is 33.9. The third-order valence-electron chi connectivity index (χ3n) is 4.70. The summed E-state index contributed by atoms with van der Waals surface area (Å²) in [7, 11) is -3.88. The molecule has 3 aromatic carbocycles. The van der Waals surface area contributed by atoms with Crippen LogP contribution < -0.4 is 14.8 Å². The number of hydrogen-bond donors (Lipinski definition) is 2. The van der Waals surface area contributed by atoms with E-state index in [1.165, 1.54) is 0 Å². The Morgan fingerprint density at radius 2 is 1.63 bits per heavy atom. The zero-order valence-electron chi connectivity index (χ0n) is 17.3. The number of amides is 1. The summed E-state index contributed by atoms with van der Waals surface area (Å²) in [5.74, 6) is 0.0365. The molecule has 0 aliphatic carbocycles. The van der Waals surface area contributed by atoms with Crippen LogP contribution in [0.2, 0.25) is 0 Å². The molecule has 3 rings (SSSR count). The average molecular weight is 427 g/mol. The molecule has 30 heavy (non-hydrogen) atoms. The molecular formula is C23H26N2O4S. The van der Waals surface area contributed by atoms with Crippen molar-refractivity contribution in [2.75, 3.05) is 11.9 Å². The van der Waals surface area contributed by atoms with Crippen LogP contribution in [-0.4, -0.2) is 27.0 Å². The van der Waals surface area contributed by atoms with Gasteiger partial charge in [0.25, 0.3) is 0 Å². The van der Waals surface area contributed by atoms with Gasteiger partial charge in [-0.25, -0.2) is 8.42 Å². The number of benzene rings is 3. The minimum absolute atomic E-state index is 0.126. The molecule has 2 N–H and O–H groups in total. The van der Waals surface area contributed by atoms with E-state index in [2.05, 4.69) is 10.0 Å². The van der Waals surface area contributed by atoms with Crippen molar-refractivity contribution in [3.63, 3.8) is 0 Å². The van der Waals surface area contributed by atoms with E-state index >= 15 is 0 Å². The number of sulfonamides is 1. The van der Waals surface area contributed by atoms with E-state index in [1.807, 2.05) is 31.2 Å². The second-order valence-electron chi connectivity index (χ2n) is 7.30. The number of rotatable bonds is 8. The number of fused-ring (bicyclic) bond motifs is 1. The first-order chi connectivity index (χ1) is 14.3. The molecule has 0 radical (unpaired) electrons. The topological polar surface area (TPSA) is 84.5 Å². The fourth-order valence-electron chi connectivity index (χ4n) is 3.08. The lowest BCUT2D eigenvalue weighted by Gasteiger charge is -2.22. The van der Waals surface area contributed by atoms with E-state index in [0.717, 1.165) is 10.8 Å². The smallest absolute Gasteiger partial charge is 0.242 e. The molecule has 0 fully saturated rings. The zero-order chi connectivity index (χ0) is 21.7. The van der Waals surface area contributed by atoms with Gasteiger partial charge in [0.2, 0.25) is 15.9 Å². The van der Waals surface area contributed by atoms with Crippen LogP contribution in [0, 0.1) is 5.92 Å². The molecule has 0 aliphatic heterocycles. The molecule has 7 heteroatoms. The van der Waals surface area contributed by atoms with Crippen molar-refractivity contribution in [3.8, 4) is 5.75 Å². The number of hydrogen-bond acceptors (Lipinski definition) is 4. The van der Waals surface area contributed by atoms with Crippen molar-refractivity contribution in [2.24, 2.45) is 5.92 Å². The molecule has 0 aliphatic rings. The van der Waals surface area contributed by atoms with Crippen LogP contribution in [0.1, 0.15) is 20.8 Å². The molecule has 0 saturated carbocycles. The quantitative estimate of drug-likeness (QED) is 0.566. The van der Waals surface area contributed by atoms with Crippen LogP contribution in [0.3, 0.4) is 0 Å². The van der Waals surface area contributed by atoms with E-state index in [0.29, 0.717) is 18.0 Å². The second kappa shape index (κ2) is 9.28. The summed E-state index contributed by atoms with van der Waals surface area (Å²) in [6.45, 7) is 6.04. The summed E-state index contributed by atoms with van der Waals surface area (Å²) in [5, 5.41) is 4.54. The molecule has 0 saturated heterocycles. The van der Waals surface area contributed by atoms with Gasteiger partial charge in [0.15, 0.2) is 0 Å². The maximum absolute atomic E-state index is 13.0. The molecule has 0 spiro atoms. The zero-order valence-corrected chi connectivity index (χ0v) is 18.1. The second-order valence-corrected chi connectivity index (χ2v) is 9.01. The van der Waals surface area contributed by atoms with Crippen LogP contribution in [0.15, 0.2) is 71.6 Å². The molecule has 158 valence electrons. The van der Waals surface area contributed by atoms with Gasteiger partial charge in [-0.15, -0.1) is 0 Å². The number of carbonyl (C=O) groups excluding carboxylic acids is 1. The lowest BCUT2D eigenvalue weighted by Crippen LogP contribution is -2.47. The summed E-state index contributed by atoms with van der Waals surface area (Å²) >= 11 is 0. The minimum atomic E-state index is -3.88. The predicted molar refractivity (Wildman–Crippen MR) is 119 cm³/mol. The van der Waals surface area contributed by atoms with Gasteiger partial charge in [-0.05, 0) is 60.0 Å². The number of carbonyl (C=O) groups is 1. The molecule has 0 bridgehead atoms. The highest BCUT2D eigenvalue weighted by atomic mass is 32.2. The first-order valence-electron chi connectivity index (χ1n) is 9.85. The van der Waals surface area contributed by atoms with Crippen molar-refractivity contribution in [2.45, 2.75) is 31.7 Å². The molecule has 6 nitrogen and oxygen atoms in total. The van der Waals surface area contributed by atoms with Crippen LogP contribution in [-0.2, 0) is 14.8 Å². The van der Waals surface area contributed by atoms with Gasteiger partial charge in [-0.1, -0.05) is 44.2 Å². The number of ether oxygens (including phenoxy) is 1. The van der Waals surface area contributed by atoms with Crippen molar-refractivity contribution in [3.05, 3.63) is 66.7 Å². The predicted octanol–water partition coefficient (Wildman–Crippen LogP) is 4.18. The summed E-state index contributed by atoms with van der Waals surface area (Å²) in [6.07, 6.45) is 0. The van der Waals surface area contributed by atoms with E-state index in [9.17, 15) is 13.2 Å². The van der Waals surface area contributed by atoms with E-state index in [1.54, 1.807) is 56.3 Å². The highest BCUT2D eigenvalue weighted by Crippen LogP contribution is 2.21. The third-order valence-corrected chi connectivity index (χ3v) is 6.13. The Hall–Kier alpha value is -2.90. The van der Waals surface area contributed by atoms with Gasteiger partial charge < -0.3 is 10.1 Å². The average Bonchev–Trinajstić information content (AvgIpc) is 2.73. The monoisotopic (exact) mass is 426 g/mol. The lowest BCUT2D eigenvalue weighted by atomic mass is 10.0. The minimum Gasteiger partial charge on any atom is -0.494 e. The standard InChI is InChI=1S/C23H26N2O4S/c1-4-29-20-12-10-19(11-13-20)24-23(26)22(16(2)3)25-30(27,28)21-14-9-17-7-5-6-8-18(17)15-21/h5-16,22,25H,4H2,1-3H3,(H,24,26). The normalized spacial score (nSPS) is 12.7. The molecular weight excluding hydrogens is 400 g/mol. The van der Waals surface area contributed by atoms with Crippen LogP contribution in [0.5, 0.6) is 5.75 Å². The molecule has 0 heterocycles. The highest BCUT2D eigenvalue weighted by Gasteiger charge is 2.28.